The van der Waals surface area contributed by atoms with E-state index >= 15 is 0 Å². The van der Waals surface area contributed by atoms with Crippen molar-refractivity contribution in [3.8, 4) is 0 Å². The Hall–Kier alpha value is -1.18. The van der Waals surface area contributed by atoms with Gasteiger partial charge in [0, 0.05) is 12.6 Å². The Balaban J connectivity index is 2.32. The van der Waals surface area contributed by atoms with Crippen LogP contribution in [0, 0.1) is 6.92 Å². The van der Waals surface area contributed by atoms with E-state index in [2.05, 4.69) is 42.7 Å². The molecule has 2 N–H and O–H groups in total. The Bertz CT molecular complexity index is 307. The molecule has 0 saturated carbocycles. The molecule has 0 spiro atoms. The van der Waals surface area contributed by atoms with Crippen LogP contribution in [0.4, 0.5) is 11.4 Å². The van der Waals surface area contributed by atoms with Crippen LogP contribution in [0.3, 0.4) is 0 Å². The van der Waals surface area contributed by atoms with Crippen LogP contribution in [-0.2, 0) is 0 Å². The maximum atomic E-state index is 3.55. The highest BCUT2D eigenvalue weighted by atomic mass is 15.1. The van der Waals surface area contributed by atoms with Gasteiger partial charge in [-0.05, 0) is 25.0 Å². The van der Waals surface area contributed by atoms with Crippen LogP contribution in [0.2, 0.25) is 0 Å². The summed E-state index contributed by atoms with van der Waals surface area (Å²) in [6, 6.07) is 6.94. The normalized spacial score (nSPS) is 20.0. The average molecular weight is 176 g/mol. The number of anilines is 2. The topological polar surface area (TPSA) is 24.1 Å². The first-order chi connectivity index (χ1) is 6.31. The second-order valence-corrected chi connectivity index (χ2v) is 3.63. The van der Waals surface area contributed by atoms with Gasteiger partial charge in [0.15, 0.2) is 0 Å². The summed E-state index contributed by atoms with van der Waals surface area (Å²) in [6.45, 7) is 5.39. The molecule has 0 radical (unpaired) electrons. The first-order valence-corrected chi connectivity index (χ1v) is 4.91. The van der Waals surface area contributed by atoms with Crippen LogP contribution in [0.25, 0.3) is 0 Å². The van der Waals surface area contributed by atoms with Crippen LogP contribution < -0.4 is 10.6 Å². The molecule has 2 heteroatoms. The van der Waals surface area contributed by atoms with E-state index in [1.807, 2.05) is 0 Å². The molecule has 0 saturated heterocycles. The molecule has 0 fully saturated rings. The zero-order valence-corrected chi connectivity index (χ0v) is 8.22. The fourth-order valence-electron chi connectivity index (χ4n) is 1.74. The van der Waals surface area contributed by atoms with Crippen molar-refractivity contribution < 1.29 is 0 Å². The molecular weight excluding hydrogens is 160 g/mol. The van der Waals surface area contributed by atoms with Crippen molar-refractivity contribution in [2.45, 2.75) is 26.3 Å². The summed E-state index contributed by atoms with van der Waals surface area (Å²) in [5, 5.41) is 6.99. The van der Waals surface area contributed by atoms with Gasteiger partial charge in [-0.1, -0.05) is 19.1 Å². The zero-order valence-electron chi connectivity index (χ0n) is 8.22. The zero-order chi connectivity index (χ0) is 9.26. The largest absolute Gasteiger partial charge is 0.381 e. The highest BCUT2D eigenvalue weighted by Gasteiger charge is 2.15. The summed E-state index contributed by atoms with van der Waals surface area (Å²) >= 11 is 0. The Morgan fingerprint density at radius 1 is 1.46 bits per heavy atom. The van der Waals surface area contributed by atoms with Gasteiger partial charge < -0.3 is 10.6 Å². The molecule has 0 amide bonds. The number of para-hydroxylation sites is 1. The highest BCUT2D eigenvalue weighted by molar-refractivity contribution is 5.74. The Labute approximate surface area is 79.4 Å². The van der Waals surface area contributed by atoms with Crippen LogP contribution in [0.5, 0.6) is 0 Å². The molecule has 0 bridgehead atoms. The van der Waals surface area contributed by atoms with E-state index in [4.69, 9.17) is 0 Å². The molecule has 1 aromatic rings. The summed E-state index contributed by atoms with van der Waals surface area (Å²) < 4.78 is 0. The molecule has 1 atom stereocenters. The molecule has 1 unspecified atom stereocenters. The number of aryl methyl sites for hydroxylation is 1. The van der Waals surface area contributed by atoms with Crippen molar-refractivity contribution in [1.29, 1.82) is 0 Å². The maximum absolute atomic E-state index is 3.55. The molecule has 70 valence electrons. The number of fused-ring (bicyclic) bond motifs is 1. The van der Waals surface area contributed by atoms with Gasteiger partial charge in [-0.25, -0.2) is 0 Å². The molecule has 0 aliphatic carbocycles. The summed E-state index contributed by atoms with van der Waals surface area (Å²) in [5.41, 5.74) is 3.84. The molecule has 2 nitrogen and oxygen atoms in total. The molecular formula is C11H16N2. The number of benzene rings is 1. The van der Waals surface area contributed by atoms with Crippen LogP contribution in [-0.4, -0.2) is 12.6 Å². The van der Waals surface area contributed by atoms with E-state index in [0.29, 0.717) is 6.04 Å². The first-order valence-electron chi connectivity index (χ1n) is 4.91. The number of hydrogen-bond acceptors (Lipinski definition) is 2. The number of nitrogens with one attached hydrogen (secondary N) is 2. The summed E-state index contributed by atoms with van der Waals surface area (Å²) in [6.07, 6.45) is 1.17. The third kappa shape index (κ3) is 1.48. The van der Waals surface area contributed by atoms with Gasteiger partial charge in [0.2, 0.25) is 0 Å². The molecule has 0 aromatic heterocycles. The number of rotatable bonds is 1. The third-order valence-corrected chi connectivity index (χ3v) is 2.65. The lowest BCUT2D eigenvalue weighted by atomic mass is 10.1. The van der Waals surface area contributed by atoms with E-state index < -0.39 is 0 Å². The summed E-state index contributed by atoms with van der Waals surface area (Å²) in [4.78, 5) is 0. The van der Waals surface area contributed by atoms with Crippen LogP contribution in [0.1, 0.15) is 18.9 Å². The minimum atomic E-state index is 0.577. The lowest BCUT2D eigenvalue weighted by Gasteiger charge is -2.28. The van der Waals surface area contributed by atoms with Crippen molar-refractivity contribution >= 4 is 11.4 Å². The first kappa shape index (κ1) is 8.42. The van der Waals surface area contributed by atoms with Crippen molar-refractivity contribution in [2.75, 3.05) is 17.2 Å². The summed E-state index contributed by atoms with van der Waals surface area (Å²) in [5.74, 6) is 0. The Kier molecular flexibility index (Phi) is 2.13. The second kappa shape index (κ2) is 3.29. The number of hydrogen-bond donors (Lipinski definition) is 2. The molecule has 1 aromatic carbocycles. The quantitative estimate of drug-likeness (QED) is 0.687. The van der Waals surface area contributed by atoms with Gasteiger partial charge in [-0.2, -0.15) is 0 Å². The Morgan fingerprint density at radius 3 is 3.08 bits per heavy atom. The van der Waals surface area contributed by atoms with Crippen LogP contribution >= 0.6 is 0 Å². The van der Waals surface area contributed by atoms with Crippen molar-refractivity contribution in [3.05, 3.63) is 23.8 Å². The molecule has 1 aliphatic rings. The van der Waals surface area contributed by atoms with Crippen LogP contribution in [0.15, 0.2) is 18.2 Å². The molecule has 1 aliphatic heterocycles. The lowest BCUT2D eigenvalue weighted by molar-refractivity contribution is 0.712. The van der Waals surface area contributed by atoms with Gasteiger partial charge in [0.25, 0.3) is 0 Å². The van der Waals surface area contributed by atoms with Gasteiger partial charge >= 0.3 is 0 Å². The fourth-order valence-corrected chi connectivity index (χ4v) is 1.74. The van der Waals surface area contributed by atoms with Crippen molar-refractivity contribution in [2.24, 2.45) is 0 Å². The second-order valence-electron chi connectivity index (χ2n) is 3.63. The minimum Gasteiger partial charge on any atom is -0.381 e. The molecule has 13 heavy (non-hydrogen) atoms. The third-order valence-electron chi connectivity index (χ3n) is 2.65. The minimum absolute atomic E-state index is 0.577. The standard InChI is InChI=1S/C11H16N2/c1-3-9-7-12-10-6-4-5-8(2)11(10)13-9/h4-6,9,12-13H,3,7H2,1-2H3. The van der Waals surface area contributed by atoms with Gasteiger partial charge in [-0.3, -0.25) is 0 Å². The van der Waals surface area contributed by atoms with Gasteiger partial charge in [0.05, 0.1) is 11.4 Å². The SMILES string of the molecule is CCC1CNc2cccc(C)c2N1. The molecule has 2 rings (SSSR count). The predicted octanol–water partition coefficient (Wildman–Crippen LogP) is 2.61. The lowest BCUT2D eigenvalue weighted by Crippen LogP contribution is -2.32. The monoisotopic (exact) mass is 176 g/mol. The maximum Gasteiger partial charge on any atom is 0.0608 e. The van der Waals surface area contributed by atoms with E-state index in [0.717, 1.165) is 6.54 Å². The van der Waals surface area contributed by atoms with E-state index in [1.165, 1.54) is 23.4 Å². The fraction of sp³-hybridized carbons (Fsp3) is 0.455. The Morgan fingerprint density at radius 2 is 2.31 bits per heavy atom. The van der Waals surface area contributed by atoms with Crippen molar-refractivity contribution in [3.63, 3.8) is 0 Å². The average Bonchev–Trinajstić information content (AvgIpc) is 2.18. The van der Waals surface area contributed by atoms with E-state index in [1.54, 1.807) is 0 Å². The van der Waals surface area contributed by atoms with E-state index in [-0.39, 0.29) is 0 Å². The van der Waals surface area contributed by atoms with E-state index in [9.17, 15) is 0 Å². The van der Waals surface area contributed by atoms with Gasteiger partial charge in [0.1, 0.15) is 0 Å². The summed E-state index contributed by atoms with van der Waals surface area (Å²) in [7, 11) is 0. The van der Waals surface area contributed by atoms with Gasteiger partial charge in [-0.15, -0.1) is 0 Å². The van der Waals surface area contributed by atoms with Crippen molar-refractivity contribution in [1.82, 2.24) is 0 Å². The molecule has 1 heterocycles. The highest BCUT2D eigenvalue weighted by Crippen LogP contribution is 2.29. The smallest absolute Gasteiger partial charge is 0.0608 e. The predicted molar refractivity (Wildman–Crippen MR) is 57.4 cm³/mol.